The summed E-state index contributed by atoms with van der Waals surface area (Å²) in [6.45, 7) is 1.86. The number of ether oxygens (including phenoxy) is 1. The number of benzene rings is 2. The number of nitrogens with one attached hydrogen (secondary N) is 1. The lowest BCUT2D eigenvalue weighted by Gasteiger charge is -2.33. The van der Waals surface area contributed by atoms with Gasteiger partial charge in [-0.1, -0.05) is 17.7 Å². The summed E-state index contributed by atoms with van der Waals surface area (Å²) in [5.74, 6) is 1.22. The molecule has 1 unspecified atom stereocenters. The van der Waals surface area contributed by atoms with E-state index in [2.05, 4.69) is 26.5 Å². The van der Waals surface area contributed by atoms with E-state index in [4.69, 9.17) is 16.3 Å². The maximum atomic E-state index is 10.1. The molecule has 8 heteroatoms. The highest BCUT2D eigenvalue weighted by Gasteiger charge is 2.21. The molecule has 30 heavy (non-hydrogen) atoms. The maximum absolute atomic E-state index is 10.1. The summed E-state index contributed by atoms with van der Waals surface area (Å²) >= 11 is 6.22. The minimum Gasteiger partial charge on any atom is -0.495 e. The first kappa shape index (κ1) is 20.2. The Labute approximate surface area is 179 Å². The summed E-state index contributed by atoms with van der Waals surface area (Å²) in [6, 6.07) is 11.5. The van der Waals surface area contributed by atoms with Crippen molar-refractivity contribution < 1.29 is 9.84 Å². The fourth-order valence-electron chi connectivity index (χ4n) is 3.80. The number of piperidine rings is 1. The summed E-state index contributed by atoms with van der Waals surface area (Å²) in [4.78, 5) is 2.12. The molecule has 0 spiro atoms. The van der Waals surface area contributed by atoms with E-state index >= 15 is 0 Å². The van der Waals surface area contributed by atoms with Crippen LogP contribution in [0.2, 0.25) is 5.02 Å². The zero-order chi connectivity index (χ0) is 21.1. The van der Waals surface area contributed by atoms with Gasteiger partial charge >= 0.3 is 0 Å². The number of hydrogen-bond acceptors (Lipinski definition) is 7. The molecule has 1 aromatic heterocycles. The van der Waals surface area contributed by atoms with Crippen molar-refractivity contribution in [2.75, 3.05) is 30.4 Å². The van der Waals surface area contributed by atoms with E-state index in [1.807, 2.05) is 30.3 Å². The Kier molecular flexibility index (Phi) is 5.88. The molecule has 0 aliphatic carbocycles. The third-order valence-corrected chi connectivity index (χ3v) is 5.60. The molecule has 1 fully saturated rings. The number of halogens is 1. The SMILES string of the molecule is COc1ccc(CNc2nncc3c(N4CCCC(O)C4)cc(C#N)cc23)cc1Cl. The van der Waals surface area contributed by atoms with Crippen LogP contribution in [0.25, 0.3) is 10.8 Å². The van der Waals surface area contributed by atoms with Crippen LogP contribution < -0.4 is 15.0 Å². The van der Waals surface area contributed by atoms with Crippen LogP contribution in [0.3, 0.4) is 0 Å². The first-order valence-electron chi connectivity index (χ1n) is 9.78. The van der Waals surface area contributed by atoms with Crippen molar-refractivity contribution in [3.8, 4) is 11.8 Å². The van der Waals surface area contributed by atoms with E-state index in [9.17, 15) is 10.4 Å². The van der Waals surface area contributed by atoms with Gasteiger partial charge in [0.1, 0.15) is 5.75 Å². The maximum Gasteiger partial charge on any atom is 0.156 e. The number of aliphatic hydroxyl groups excluding tert-OH is 1. The van der Waals surface area contributed by atoms with Crippen LogP contribution in [-0.4, -0.2) is 41.6 Å². The lowest BCUT2D eigenvalue weighted by Crippen LogP contribution is -2.38. The minimum atomic E-state index is -0.369. The quantitative estimate of drug-likeness (QED) is 0.645. The highest BCUT2D eigenvalue weighted by Crippen LogP contribution is 2.33. The highest BCUT2D eigenvalue weighted by molar-refractivity contribution is 6.32. The third kappa shape index (κ3) is 4.11. The van der Waals surface area contributed by atoms with E-state index in [0.717, 1.165) is 41.4 Å². The molecule has 7 nitrogen and oxygen atoms in total. The van der Waals surface area contributed by atoms with Gasteiger partial charge in [-0.25, -0.2) is 0 Å². The van der Waals surface area contributed by atoms with Crippen LogP contribution >= 0.6 is 11.6 Å². The van der Waals surface area contributed by atoms with Gasteiger partial charge in [0.2, 0.25) is 0 Å². The molecule has 1 aliphatic rings. The van der Waals surface area contributed by atoms with Crippen molar-refractivity contribution in [2.24, 2.45) is 0 Å². The Bertz CT molecular complexity index is 1110. The molecule has 0 radical (unpaired) electrons. The summed E-state index contributed by atoms with van der Waals surface area (Å²) in [5, 5.41) is 33.6. The van der Waals surface area contributed by atoms with Crippen molar-refractivity contribution >= 4 is 33.9 Å². The van der Waals surface area contributed by atoms with Crippen molar-refractivity contribution in [2.45, 2.75) is 25.5 Å². The van der Waals surface area contributed by atoms with Gasteiger partial charge < -0.3 is 20.1 Å². The fourth-order valence-corrected chi connectivity index (χ4v) is 4.08. The number of aliphatic hydroxyl groups is 1. The lowest BCUT2D eigenvalue weighted by molar-refractivity contribution is 0.154. The van der Waals surface area contributed by atoms with Gasteiger partial charge in [0.15, 0.2) is 5.82 Å². The first-order valence-corrected chi connectivity index (χ1v) is 10.2. The third-order valence-electron chi connectivity index (χ3n) is 5.30. The molecule has 2 aromatic carbocycles. The number of nitriles is 1. The molecule has 0 saturated carbocycles. The number of anilines is 2. The Morgan fingerprint density at radius 1 is 1.33 bits per heavy atom. The topological polar surface area (TPSA) is 94.3 Å². The lowest BCUT2D eigenvalue weighted by atomic mass is 10.0. The van der Waals surface area contributed by atoms with Gasteiger partial charge in [-0.05, 0) is 42.7 Å². The predicted octanol–water partition coefficient (Wildman–Crippen LogP) is 3.74. The number of aromatic nitrogens is 2. The second kappa shape index (κ2) is 8.74. The molecule has 3 aromatic rings. The van der Waals surface area contributed by atoms with Gasteiger partial charge in [0.05, 0.1) is 36.1 Å². The second-order valence-corrected chi connectivity index (χ2v) is 7.73. The van der Waals surface area contributed by atoms with Gasteiger partial charge in [-0.15, -0.1) is 5.10 Å². The number of β-amino-alcohol motifs (C(OH)–C–C–N with tert-alkyl or cyclic N) is 1. The van der Waals surface area contributed by atoms with Crippen LogP contribution in [0.1, 0.15) is 24.0 Å². The van der Waals surface area contributed by atoms with E-state index < -0.39 is 0 Å². The monoisotopic (exact) mass is 423 g/mol. The van der Waals surface area contributed by atoms with Gasteiger partial charge in [-0.3, -0.25) is 0 Å². The molecule has 1 saturated heterocycles. The standard InChI is InChI=1S/C22H22ClN5O2/c1-30-21-5-4-14(8-19(21)23)11-25-22-17-7-15(10-24)9-20(18(17)12-26-27-22)28-6-2-3-16(29)13-28/h4-5,7-9,12,16,29H,2-3,6,11,13H2,1H3,(H,25,27). The zero-order valence-corrected chi connectivity index (χ0v) is 17.4. The number of hydrogen-bond donors (Lipinski definition) is 2. The Hall–Kier alpha value is -3.08. The number of methoxy groups -OCH3 is 1. The van der Waals surface area contributed by atoms with E-state index in [-0.39, 0.29) is 6.10 Å². The molecule has 2 heterocycles. The molecular weight excluding hydrogens is 402 g/mol. The van der Waals surface area contributed by atoms with Crippen molar-refractivity contribution in [3.05, 3.63) is 52.7 Å². The van der Waals surface area contributed by atoms with Gasteiger partial charge in [-0.2, -0.15) is 10.4 Å². The highest BCUT2D eigenvalue weighted by atomic mass is 35.5. The predicted molar refractivity (Wildman–Crippen MR) is 117 cm³/mol. The number of rotatable bonds is 5. The van der Waals surface area contributed by atoms with Crippen LogP contribution in [0.4, 0.5) is 11.5 Å². The Balaban J connectivity index is 1.68. The van der Waals surface area contributed by atoms with Crippen molar-refractivity contribution in [1.82, 2.24) is 10.2 Å². The summed E-state index contributed by atoms with van der Waals surface area (Å²) in [6.07, 6.45) is 3.04. The largest absolute Gasteiger partial charge is 0.495 e. The van der Waals surface area contributed by atoms with Crippen LogP contribution in [0.5, 0.6) is 5.75 Å². The van der Waals surface area contributed by atoms with E-state index in [0.29, 0.717) is 35.2 Å². The van der Waals surface area contributed by atoms with E-state index in [1.54, 1.807) is 13.3 Å². The summed E-state index contributed by atoms with van der Waals surface area (Å²) in [5.41, 5.74) is 2.41. The average Bonchev–Trinajstić information content (AvgIpc) is 2.77. The summed E-state index contributed by atoms with van der Waals surface area (Å²) < 4.78 is 5.20. The normalized spacial score (nSPS) is 16.3. The van der Waals surface area contributed by atoms with Gasteiger partial charge in [0.25, 0.3) is 0 Å². The second-order valence-electron chi connectivity index (χ2n) is 7.33. The molecule has 2 N–H and O–H groups in total. The Morgan fingerprint density at radius 2 is 2.20 bits per heavy atom. The van der Waals surface area contributed by atoms with Crippen molar-refractivity contribution in [1.29, 1.82) is 5.26 Å². The van der Waals surface area contributed by atoms with Crippen molar-refractivity contribution in [3.63, 3.8) is 0 Å². The van der Waals surface area contributed by atoms with E-state index in [1.165, 1.54) is 0 Å². The molecule has 0 bridgehead atoms. The number of fused-ring (bicyclic) bond motifs is 1. The molecule has 4 rings (SSSR count). The minimum absolute atomic E-state index is 0.369. The summed E-state index contributed by atoms with van der Waals surface area (Å²) in [7, 11) is 1.58. The van der Waals surface area contributed by atoms with Crippen LogP contribution in [0.15, 0.2) is 36.5 Å². The van der Waals surface area contributed by atoms with Crippen LogP contribution in [-0.2, 0) is 6.54 Å². The molecule has 1 atom stereocenters. The van der Waals surface area contributed by atoms with Gasteiger partial charge in [0, 0.05) is 36.1 Å². The first-order chi connectivity index (χ1) is 14.6. The zero-order valence-electron chi connectivity index (χ0n) is 16.6. The molecule has 1 aliphatic heterocycles. The molecular formula is C22H22ClN5O2. The molecule has 154 valence electrons. The number of nitrogens with zero attached hydrogens (tertiary/aromatic N) is 4. The Morgan fingerprint density at radius 3 is 2.93 bits per heavy atom. The van der Waals surface area contributed by atoms with Crippen LogP contribution in [0, 0.1) is 11.3 Å². The smallest absolute Gasteiger partial charge is 0.156 e. The molecule has 0 amide bonds. The fraction of sp³-hybridized carbons (Fsp3) is 0.318. The average molecular weight is 424 g/mol.